The fourth-order valence-corrected chi connectivity index (χ4v) is 2.97. The third kappa shape index (κ3) is 6.12. The standard InChI is InChI=1S/C26H25FN2/c1-3-7-22-18-28-26(29-19-22)25-16-14-24(15-17-25)23-12-10-21(11-13-23)9-6-4-5-8-20(2)27/h3,10-20H,1,4-5,7-8H2,2H3. The molecule has 0 radical (unpaired) electrons. The van der Waals surface area contributed by atoms with Crippen LogP contribution >= 0.6 is 0 Å². The molecule has 0 spiro atoms. The van der Waals surface area contributed by atoms with Gasteiger partial charge in [0.1, 0.15) is 0 Å². The Morgan fingerprint density at radius 2 is 1.55 bits per heavy atom. The molecule has 1 heterocycles. The normalized spacial score (nSPS) is 11.4. The lowest BCUT2D eigenvalue weighted by Crippen LogP contribution is -1.91. The van der Waals surface area contributed by atoms with Gasteiger partial charge < -0.3 is 0 Å². The maximum Gasteiger partial charge on any atom is 0.159 e. The fourth-order valence-electron chi connectivity index (χ4n) is 2.97. The molecule has 0 saturated carbocycles. The summed E-state index contributed by atoms with van der Waals surface area (Å²) < 4.78 is 12.8. The number of rotatable bonds is 7. The molecule has 29 heavy (non-hydrogen) atoms. The van der Waals surface area contributed by atoms with E-state index in [0.717, 1.165) is 52.9 Å². The third-order valence-electron chi connectivity index (χ3n) is 4.58. The molecule has 0 saturated heterocycles. The van der Waals surface area contributed by atoms with E-state index in [0.29, 0.717) is 6.42 Å². The Morgan fingerprint density at radius 3 is 2.14 bits per heavy atom. The first-order valence-electron chi connectivity index (χ1n) is 9.91. The number of unbranched alkanes of at least 4 members (excludes halogenated alkanes) is 1. The van der Waals surface area contributed by atoms with Gasteiger partial charge in [0.2, 0.25) is 0 Å². The highest BCUT2D eigenvalue weighted by molar-refractivity contribution is 5.68. The summed E-state index contributed by atoms with van der Waals surface area (Å²) in [7, 11) is 0. The van der Waals surface area contributed by atoms with Crippen molar-refractivity contribution in [1.82, 2.24) is 9.97 Å². The summed E-state index contributed by atoms with van der Waals surface area (Å²) in [4.78, 5) is 8.88. The van der Waals surface area contributed by atoms with Gasteiger partial charge in [-0.2, -0.15) is 0 Å². The zero-order valence-electron chi connectivity index (χ0n) is 16.7. The first-order chi connectivity index (χ1) is 14.2. The molecule has 0 aliphatic heterocycles. The van der Waals surface area contributed by atoms with E-state index in [-0.39, 0.29) is 0 Å². The summed E-state index contributed by atoms with van der Waals surface area (Å²) >= 11 is 0. The van der Waals surface area contributed by atoms with Gasteiger partial charge in [-0.3, -0.25) is 0 Å². The highest BCUT2D eigenvalue weighted by Gasteiger charge is 2.03. The molecule has 3 aromatic rings. The van der Waals surface area contributed by atoms with E-state index in [2.05, 4.69) is 52.7 Å². The summed E-state index contributed by atoms with van der Waals surface area (Å²) in [6, 6.07) is 16.4. The van der Waals surface area contributed by atoms with Gasteiger partial charge in [-0.25, -0.2) is 14.4 Å². The van der Waals surface area contributed by atoms with Crippen LogP contribution in [0, 0.1) is 11.8 Å². The van der Waals surface area contributed by atoms with Gasteiger partial charge in [0.05, 0.1) is 6.17 Å². The van der Waals surface area contributed by atoms with Crippen LogP contribution < -0.4 is 0 Å². The van der Waals surface area contributed by atoms with Gasteiger partial charge in [-0.1, -0.05) is 54.3 Å². The van der Waals surface area contributed by atoms with Gasteiger partial charge in [0, 0.05) is 29.9 Å². The van der Waals surface area contributed by atoms with Crippen molar-refractivity contribution in [3.05, 3.63) is 84.7 Å². The zero-order valence-corrected chi connectivity index (χ0v) is 16.7. The summed E-state index contributed by atoms with van der Waals surface area (Å²) in [6.07, 6.45) is 7.67. The zero-order chi connectivity index (χ0) is 20.5. The Balaban J connectivity index is 1.64. The molecule has 0 N–H and O–H groups in total. The van der Waals surface area contributed by atoms with Crippen molar-refractivity contribution < 1.29 is 4.39 Å². The molecule has 146 valence electrons. The summed E-state index contributed by atoms with van der Waals surface area (Å²) in [6.45, 7) is 5.32. The predicted octanol–water partition coefficient (Wildman–Crippen LogP) is 6.42. The van der Waals surface area contributed by atoms with Crippen molar-refractivity contribution in [3.63, 3.8) is 0 Å². The van der Waals surface area contributed by atoms with E-state index >= 15 is 0 Å². The number of allylic oxidation sites excluding steroid dienone is 1. The monoisotopic (exact) mass is 384 g/mol. The molecule has 0 amide bonds. The first kappa shape index (κ1) is 20.5. The second kappa shape index (κ2) is 10.3. The SMILES string of the molecule is C=CCc1cnc(-c2ccc(-c3ccc(C#CCCCC(C)F)cc3)cc2)nc1. The van der Waals surface area contributed by atoms with E-state index in [1.165, 1.54) is 0 Å². The number of hydrogen-bond acceptors (Lipinski definition) is 2. The lowest BCUT2D eigenvalue weighted by molar-refractivity contribution is 0.336. The number of aromatic nitrogens is 2. The fraction of sp³-hybridized carbons (Fsp3) is 0.231. The number of nitrogens with zero attached hydrogens (tertiary/aromatic N) is 2. The molecule has 0 bridgehead atoms. The van der Waals surface area contributed by atoms with Crippen LogP contribution in [0.25, 0.3) is 22.5 Å². The van der Waals surface area contributed by atoms with Crippen molar-refractivity contribution in [2.75, 3.05) is 0 Å². The third-order valence-corrected chi connectivity index (χ3v) is 4.58. The lowest BCUT2D eigenvalue weighted by Gasteiger charge is -2.05. The first-order valence-corrected chi connectivity index (χ1v) is 9.91. The molecule has 1 atom stereocenters. The van der Waals surface area contributed by atoms with Gasteiger partial charge in [0.15, 0.2) is 5.82 Å². The number of halogens is 1. The van der Waals surface area contributed by atoms with E-state index in [9.17, 15) is 4.39 Å². The van der Waals surface area contributed by atoms with Crippen LogP contribution in [0.1, 0.15) is 37.3 Å². The maximum atomic E-state index is 12.8. The summed E-state index contributed by atoms with van der Waals surface area (Å²) in [5.41, 5.74) is 5.29. The topological polar surface area (TPSA) is 25.8 Å². The quantitative estimate of drug-likeness (QED) is 0.267. The number of alkyl halides is 1. The minimum absolute atomic E-state index is 0.577. The van der Waals surface area contributed by atoms with Crippen LogP contribution in [0.4, 0.5) is 4.39 Å². The summed E-state index contributed by atoms with van der Waals surface area (Å²) in [5, 5.41) is 0. The second-order valence-corrected chi connectivity index (χ2v) is 7.04. The van der Waals surface area contributed by atoms with Crippen molar-refractivity contribution in [2.45, 2.75) is 38.8 Å². The minimum atomic E-state index is -0.745. The average molecular weight is 384 g/mol. The van der Waals surface area contributed by atoms with E-state index in [1.807, 2.05) is 42.7 Å². The van der Waals surface area contributed by atoms with Crippen molar-refractivity contribution in [1.29, 1.82) is 0 Å². The van der Waals surface area contributed by atoms with E-state index in [4.69, 9.17) is 0 Å². The molecule has 3 heteroatoms. The van der Waals surface area contributed by atoms with Crippen LogP contribution in [0.5, 0.6) is 0 Å². The molecule has 2 nitrogen and oxygen atoms in total. The Bertz CT molecular complexity index is 976. The molecule has 0 aliphatic rings. The molecule has 1 unspecified atom stereocenters. The second-order valence-electron chi connectivity index (χ2n) is 7.04. The maximum absolute atomic E-state index is 12.8. The average Bonchev–Trinajstić information content (AvgIpc) is 2.75. The number of benzene rings is 2. The minimum Gasteiger partial charge on any atom is -0.248 e. The van der Waals surface area contributed by atoms with Gasteiger partial charge in [0.25, 0.3) is 0 Å². The largest absolute Gasteiger partial charge is 0.248 e. The lowest BCUT2D eigenvalue weighted by atomic mass is 10.0. The smallest absolute Gasteiger partial charge is 0.159 e. The van der Waals surface area contributed by atoms with E-state index in [1.54, 1.807) is 6.92 Å². The molecule has 1 aromatic heterocycles. The molecular formula is C26H25FN2. The predicted molar refractivity (Wildman–Crippen MR) is 118 cm³/mol. The molecule has 0 fully saturated rings. The molecule has 2 aromatic carbocycles. The highest BCUT2D eigenvalue weighted by atomic mass is 19.1. The Kier molecular flexibility index (Phi) is 7.30. The van der Waals surface area contributed by atoms with Crippen molar-refractivity contribution in [2.24, 2.45) is 0 Å². The number of hydrogen-bond donors (Lipinski definition) is 0. The van der Waals surface area contributed by atoms with Crippen LogP contribution in [-0.4, -0.2) is 16.1 Å². The Hall–Kier alpha value is -3.25. The van der Waals surface area contributed by atoms with E-state index < -0.39 is 6.17 Å². The molecule has 3 rings (SSSR count). The molecule has 0 aliphatic carbocycles. The summed E-state index contributed by atoms with van der Waals surface area (Å²) in [5.74, 6) is 6.98. The van der Waals surface area contributed by atoms with Crippen molar-refractivity contribution in [3.8, 4) is 34.4 Å². The van der Waals surface area contributed by atoms with Gasteiger partial charge in [-0.15, -0.1) is 6.58 Å². The van der Waals surface area contributed by atoms with Crippen molar-refractivity contribution >= 4 is 0 Å². The Labute approximate surface area is 172 Å². The van der Waals surface area contributed by atoms with Gasteiger partial charge >= 0.3 is 0 Å². The van der Waals surface area contributed by atoms with Crippen LogP contribution in [0.2, 0.25) is 0 Å². The molecular weight excluding hydrogens is 359 g/mol. The van der Waals surface area contributed by atoms with Gasteiger partial charge in [-0.05, 0) is 55.0 Å². The Morgan fingerprint density at radius 1 is 0.966 bits per heavy atom. The van der Waals surface area contributed by atoms with Crippen LogP contribution in [-0.2, 0) is 6.42 Å². The van der Waals surface area contributed by atoms with Crippen LogP contribution in [0.3, 0.4) is 0 Å². The van der Waals surface area contributed by atoms with Crippen LogP contribution in [0.15, 0.2) is 73.6 Å². The highest BCUT2D eigenvalue weighted by Crippen LogP contribution is 2.23.